The number of rotatable bonds is 5. The van der Waals surface area contributed by atoms with Gasteiger partial charge in [-0.15, -0.1) is 0 Å². The SMILES string of the molecule is CC(C)c1cc(N2CCC(CC3CCN(C(=O)OC(C)(C)C)CC3)CC2)ccc1C(=O)N(C)C. The van der Waals surface area contributed by atoms with Crippen LogP contribution in [-0.2, 0) is 4.74 Å². The summed E-state index contributed by atoms with van der Waals surface area (Å²) < 4.78 is 5.53. The summed E-state index contributed by atoms with van der Waals surface area (Å²) in [5.74, 6) is 1.85. The summed E-state index contributed by atoms with van der Waals surface area (Å²) in [5, 5.41) is 0. The van der Waals surface area contributed by atoms with Gasteiger partial charge in [0.05, 0.1) is 0 Å². The molecule has 1 aromatic carbocycles. The summed E-state index contributed by atoms with van der Waals surface area (Å²) in [5.41, 5.74) is 2.76. The average Bonchev–Trinajstić information content (AvgIpc) is 2.78. The summed E-state index contributed by atoms with van der Waals surface area (Å²) in [4.78, 5) is 30.9. The first-order valence-corrected chi connectivity index (χ1v) is 13.0. The number of carbonyl (C=O) groups excluding carboxylic acids is 2. The van der Waals surface area contributed by atoms with Crippen molar-refractivity contribution in [2.24, 2.45) is 11.8 Å². The van der Waals surface area contributed by atoms with E-state index in [9.17, 15) is 9.59 Å². The van der Waals surface area contributed by atoms with Gasteiger partial charge in [0, 0.05) is 51.5 Å². The smallest absolute Gasteiger partial charge is 0.410 e. The Morgan fingerprint density at radius 1 is 1.00 bits per heavy atom. The highest BCUT2D eigenvalue weighted by molar-refractivity contribution is 5.96. The predicted octanol–water partition coefficient (Wildman–Crippen LogP) is 5.77. The zero-order valence-electron chi connectivity index (χ0n) is 22.4. The van der Waals surface area contributed by atoms with Gasteiger partial charge in [-0.05, 0) is 94.4 Å². The minimum Gasteiger partial charge on any atom is -0.444 e. The molecule has 6 heteroatoms. The van der Waals surface area contributed by atoms with Gasteiger partial charge in [-0.3, -0.25) is 4.79 Å². The van der Waals surface area contributed by atoms with E-state index in [1.807, 2.05) is 45.8 Å². The molecule has 190 valence electrons. The Hall–Kier alpha value is -2.24. The molecule has 3 rings (SSSR count). The number of carbonyl (C=O) groups is 2. The van der Waals surface area contributed by atoms with Crippen molar-refractivity contribution in [3.8, 4) is 0 Å². The lowest BCUT2D eigenvalue weighted by Gasteiger charge is -2.38. The largest absolute Gasteiger partial charge is 0.444 e. The van der Waals surface area contributed by atoms with Crippen molar-refractivity contribution in [3.05, 3.63) is 29.3 Å². The van der Waals surface area contributed by atoms with Crippen LogP contribution in [0.25, 0.3) is 0 Å². The Morgan fingerprint density at radius 2 is 1.56 bits per heavy atom. The quantitative estimate of drug-likeness (QED) is 0.547. The molecule has 6 nitrogen and oxygen atoms in total. The molecule has 0 aromatic heterocycles. The first-order valence-electron chi connectivity index (χ1n) is 13.0. The molecule has 0 spiro atoms. The molecule has 0 unspecified atom stereocenters. The van der Waals surface area contributed by atoms with Crippen LogP contribution in [-0.4, -0.2) is 67.7 Å². The van der Waals surface area contributed by atoms with Gasteiger partial charge in [0.15, 0.2) is 0 Å². The van der Waals surface area contributed by atoms with E-state index in [1.54, 1.807) is 4.90 Å². The molecule has 0 radical (unpaired) electrons. The minimum absolute atomic E-state index is 0.0756. The molecule has 1 aromatic rings. The fraction of sp³-hybridized carbons (Fsp3) is 0.714. The van der Waals surface area contributed by atoms with E-state index in [1.165, 1.54) is 24.9 Å². The van der Waals surface area contributed by atoms with Gasteiger partial charge in [0.2, 0.25) is 0 Å². The highest BCUT2D eigenvalue weighted by Gasteiger charge is 2.29. The molecule has 0 saturated carbocycles. The van der Waals surface area contributed by atoms with Crippen LogP contribution in [0.1, 0.15) is 88.6 Å². The molecule has 0 aliphatic carbocycles. The molecule has 0 N–H and O–H groups in total. The van der Waals surface area contributed by atoms with Gasteiger partial charge in [0.25, 0.3) is 5.91 Å². The van der Waals surface area contributed by atoms with Crippen LogP contribution in [0.2, 0.25) is 0 Å². The Morgan fingerprint density at radius 3 is 2.06 bits per heavy atom. The van der Waals surface area contributed by atoms with Crippen LogP contribution in [0, 0.1) is 11.8 Å². The third-order valence-electron chi connectivity index (χ3n) is 7.21. The zero-order valence-corrected chi connectivity index (χ0v) is 22.4. The lowest BCUT2D eigenvalue weighted by atomic mass is 9.82. The second-order valence-corrected chi connectivity index (χ2v) is 11.7. The van der Waals surface area contributed by atoms with Crippen molar-refractivity contribution in [1.29, 1.82) is 0 Å². The molecular weight excluding hydrogens is 426 g/mol. The fourth-order valence-electron chi connectivity index (χ4n) is 5.24. The predicted molar refractivity (Wildman–Crippen MR) is 139 cm³/mol. The maximum atomic E-state index is 12.6. The van der Waals surface area contributed by atoms with Gasteiger partial charge in [-0.1, -0.05) is 13.8 Å². The van der Waals surface area contributed by atoms with Gasteiger partial charge in [-0.25, -0.2) is 4.79 Å². The number of hydrogen-bond donors (Lipinski definition) is 0. The normalized spacial score (nSPS) is 18.4. The van der Waals surface area contributed by atoms with Crippen molar-refractivity contribution in [2.45, 2.75) is 78.2 Å². The van der Waals surface area contributed by atoms with Gasteiger partial charge >= 0.3 is 6.09 Å². The van der Waals surface area contributed by atoms with Crippen molar-refractivity contribution >= 4 is 17.7 Å². The fourth-order valence-corrected chi connectivity index (χ4v) is 5.24. The van der Waals surface area contributed by atoms with Crippen LogP contribution in [0.4, 0.5) is 10.5 Å². The van der Waals surface area contributed by atoms with E-state index >= 15 is 0 Å². The second-order valence-electron chi connectivity index (χ2n) is 11.7. The molecule has 2 heterocycles. The van der Waals surface area contributed by atoms with Gasteiger partial charge in [0.1, 0.15) is 5.60 Å². The van der Waals surface area contributed by atoms with Crippen LogP contribution < -0.4 is 4.90 Å². The van der Waals surface area contributed by atoms with E-state index in [2.05, 4.69) is 30.9 Å². The minimum atomic E-state index is -0.431. The Bertz CT molecular complexity index is 843. The number of ether oxygens (including phenoxy) is 1. The van der Waals surface area contributed by atoms with Crippen LogP contribution >= 0.6 is 0 Å². The third kappa shape index (κ3) is 6.89. The zero-order chi connectivity index (χ0) is 25.0. The molecule has 2 amide bonds. The van der Waals surface area contributed by atoms with Crippen molar-refractivity contribution in [3.63, 3.8) is 0 Å². The molecule has 34 heavy (non-hydrogen) atoms. The van der Waals surface area contributed by atoms with Gasteiger partial charge < -0.3 is 19.4 Å². The third-order valence-corrected chi connectivity index (χ3v) is 7.21. The molecule has 2 fully saturated rings. The second kappa shape index (κ2) is 11.0. The summed E-state index contributed by atoms with van der Waals surface area (Å²) in [6, 6.07) is 6.36. The number of nitrogens with zero attached hydrogens (tertiary/aromatic N) is 3. The van der Waals surface area contributed by atoms with Crippen molar-refractivity contribution in [2.75, 3.05) is 45.2 Å². The molecule has 0 atom stereocenters. The number of hydrogen-bond acceptors (Lipinski definition) is 4. The maximum absolute atomic E-state index is 12.6. The molecule has 0 bridgehead atoms. The molecular formula is C28H45N3O3. The number of likely N-dealkylation sites (tertiary alicyclic amines) is 1. The average molecular weight is 472 g/mol. The molecule has 2 saturated heterocycles. The van der Waals surface area contributed by atoms with Crippen LogP contribution in [0.15, 0.2) is 18.2 Å². The Balaban J connectivity index is 1.50. The van der Waals surface area contributed by atoms with Crippen LogP contribution in [0.5, 0.6) is 0 Å². The van der Waals surface area contributed by atoms with E-state index in [0.29, 0.717) is 11.8 Å². The highest BCUT2D eigenvalue weighted by Crippen LogP contribution is 2.33. The molecule has 2 aliphatic rings. The number of piperidine rings is 2. The van der Waals surface area contributed by atoms with E-state index in [0.717, 1.165) is 56.1 Å². The van der Waals surface area contributed by atoms with E-state index in [4.69, 9.17) is 4.74 Å². The maximum Gasteiger partial charge on any atom is 0.410 e. The van der Waals surface area contributed by atoms with Crippen LogP contribution in [0.3, 0.4) is 0 Å². The molecule has 2 aliphatic heterocycles. The van der Waals surface area contributed by atoms with Crippen molar-refractivity contribution in [1.82, 2.24) is 9.80 Å². The number of benzene rings is 1. The lowest BCUT2D eigenvalue weighted by Crippen LogP contribution is -2.42. The first-order chi connectivity index (χ1) is 15.9. The Kier molecular flexibility index (Phi) is 8.53. The van der Waals surface area contributed by atoms with Gasteiger partial charge in [-0.2, -0.15) is 0 Å². The van der Waals surface area contributed by atoms with E-state index < -0.39 is 5.60 Å². The standard InChI is InChI=1S/C28H45N3O3/c1-20(2)25-19-23(8-9-24(25)26(32)29(6)7)30-14-10-21(11-15-30)18-22-12-16-31(17-13-22)27(33)34-28(3,4)5/h8-9,19-22H,10-18H2,1-7H3. The number of anilines is 1. The Labute approximate surface area is 206 Å². The summed E-state index contributed by atoms with van der Waals surface area (Å²) in [6.07, 6.45) is 5.68. The lowest BCUT2D eigenvalue weighted by molar-refractivity contribution is 0.0174. The highest BCUT2D eigenvalue weighted by atomic mass is 16.6. The first kappa shape index (κ1) is 26.4. The number of amides is 2. The monoisotopic (exact) mass is 471 g/mol. The topological polar surface area (TPSA) is 53.1 Å². The summed E-state index contributed by atoms with van der Waals surface area (Å²) in [6.45, 7) is 13.8. The van der Waals surface area contributed by atoms with Crippen molar-refractivity contribution < 1.29 is 14.3 Å². The summed E-state index contributed by atoms with van der Waals surface area (Å²) >= 11 is 0. The van der Waals surface area contributed by atoms with E-state index in [-0.39, 0.29) is 12.0 Å². The summed E-state index contributed by atoms with van der Waals surface area (Å²) in [7, 11) is 3.62.